The summed E-state index contributed by atoms with van der Waals surface area (Å²) in [5, 5.41) is 11.7. The number of carbonyl (C=O) groups excluding carboxylic acids is 2. The maximum Gasteiger partial charge on any atom is 0.296 e. The fraction of sp³-hybridized carbons (Fsp3) is 0.235. The van der Waals surface area contributed by atoms with Gasteiger partial charge in [0.05, 0.1) is 24.4 Å². The lowest BCUT2D eigenvalue weighted by Crippen LogP contribution is -2.29. The summed E-state index contributed by atoms with van der Waals surface area (Å²) >= 11 is 0. The summed E-state index contributed by atoms with van der Waals surface area (Å²) in [6.07, 6.45) is 1.53. The zero-order valence-electron chi connectivity index (χ0n) is 23.2. The highest BCUT2D eigenvalue weighted by atomic mass is 16.5. The third kappa shape index (κ3) is 5.43. The second kappa shape index (κ2) is 10.9. The molecule has 5 rings (SSSR count). The molecule has 1 aliphatic rings. The Hall–Kier alpha value is -4.58. The van der Waals surface area contributed by atoms with Gasteiger partial charge in [0.15, 0.2) is 0 Å². The minimum atomic E-state index is -0.830. The van der Waals surface area contributed by atoms with Crippen molar-refractivity contribution in [1.82, 2.24) is 4.90 Å². The molecule has 4 aromatic rings. The van der Waals surface area contributed by atoms with E-state index in [4.69, 9.17) is 9.15 Å². The van der Waals surface area contributed by atoms with Crippen molar-refractivity contribution in [3.05, 3.63) is 130 Å². The minimum Gasteiger partial charge on any atom is -0.507 e. The molecular weight excluding hydrogens is 502 g/mol. The van der Waals surface area contributed by atoms with Crippen LogP contribution >= 0.6 is 0 Å². The second-order valence-electron chi connectivity index (χ2n) is 11.1. The quantitative estimate of drug-likeness (QED) is 0.155. The van der Waals surface area contributed by atoms with Crippen molar-refractivity contribution < 1.29 is 23.8 Å². The molecule has 40 heavy (non-hydrogen) atoms. The largest absolute Gasteiger partial charge is 0.507 e. The lowest BCUT2D eigenvalue weighted by Gasteiger charge is -2.25. The van der Waals surface area contributed by atoms with E-state index in [2.05, 4.69) is 20.8 Å². The number of aryl methyl sites for hydroxylation is 1. The van der Waals surface area contributed by atoms with E-state index >= 15 is 0 Å². The molecule has 1 atom stereocenters. The van der Waals surface area contributed by atoms with Gasteiger partial charge in [0.2, 0.25) is 0 Å². The van der Waals surface area contributed by atoms with E-state index < -0.39 is 17.7 Å². The number of aliphatic hydroxyl groups is 1. The van der Waals surface area contributed by atoms with Gasteiger partial charge in [-0.3, -0.25) is 9.59 Å². The van der Waals surface area contributed by atoms with Gasteiger partial charge in [-0.25, -0.2) is 0 Å². The van der Waals surface area contributed by atoms with Gasteiger partial charge in [0.25, 0.3) is 11.7 Å². The Bertz CT molecular complexity index is 1560. The lowest BCUT2D eigenvalue weighted by molar-refractivity contribution is -0.140. The van der Waals surface area contributed by atoms with Crippen LogP contribution in [0.25, 0.3) is 5.76 Å². The van der Waals surface area contributed by atoms with Crippen molar-refractivity contribution in [3.63, 3.8) is 0 Å². The summed E-state index contributed by atoms with van der Waals surface area (Å²) in [6, 6.07) is 25.7. The number of likely N-dealkylation sites (tertiary alicyclic amines) is 1. The predicted molar refractivity (Wildman–Crippen MR) is 154 cm³/mol. The number of rotatable bonds is 7. The Morgan fingerprint density at radius 1 is 0.950 bits per heavy atom. The van der Waals surface area contributed by atoms with Crippen LogP contribution in [0.2, 0.25) is 0 Å². The standard InChI is InChI=1S/C34H33NO5/c1-22-15-16-25(34(2,3)4)19-28(22)31(36)29-30(35(33(38)32(29)37)20-27-14-9-17-39-27)24-12-8-13-26(18-24)40-21-23-10-6-5-7-11-23/h5-19,30,36H,20-21H2,1-4H3/b31-29+. The fourth-order valence-corrected chi connectivity index (χ4v) is 4.96. The molecule has 1 unspecified atom stereocenters. The van der Waals surface area contributed by atoms with Gasteiger partial charge in [0.1, 0.15) is 23.9 Å². The molecule has 1 saturated heterocycles. The first kappa shape index (κ1) is 27.0. The summed E-state index contributed by atoms with van der Waals surface area (Å²) in [7, 11) is 0. The van der Waals surface area contributed by atoms with Crippen molar-refractivity contribution in [2.75, 3.05) is 0 Å². The Kier molecular flexibility index (Phi) is 7.35. The van der Waals surface area contributed by atoms with Crippen LogP contribution in [0.3, 0.4) is 0 Å². The van der Waals surface area contributed by atoms with E-state index in [1.165, 1.54) is 11.2 Å². The topological polar surface area (TPSA) is 80.0 Å². The third-order valence-corrected chi connectivity index (χ3v) is 7.23. The maximum absolute atomic E-state index is 13.6. The molecule has 0 spiro atoms. The second-order valence-corrected chi connectivity index (χ2v) is 11.1. The first-order chi connectivity index (χ1) is 19.1. The monoisotopic (exact) mass is 535 g/mol. The van der Waals surface area contributed by atoms with E-state index in [0.29, 0.717) is 29.2 Å². The van der Waals surface area contributed by atoms with E-state index in [1.54, 1.807) is 12.1 Å². The number of benzene rings is 3. The predicted octanol–water partition coefficient (Wildman–Crippen LogP) is 7.09. The number of carbonyl (C=O) groups is 2. The van der Waals surface area contributed by atoms with Crippen molar-refractivity contribution in [3.8, 4) is 5.75 Å². The van der Waals surface area contributed by atoms with E-state index in [0.717, 1.165) is 16.7 Å². The molecule has 1 aliphatic heterocycles. The molecule has 0 bridgehead atoms. The van der Waals surface area contributed by atoms with Gasteiger partial charge in [-0.1, -0.05) is 75.4 Å². The van der Waals surface area contributed by atoms with E-state index in [9.17, 15) is 14.7 Å². The normalized spacial score (nSPS) is 16.9. The summed E-state index contributed by atoms with van der Waals surface area (Å²) in [6.45, 7) is 8.60. The Balaban J connectivity index is 1.60. The van der Waals surface area contributed by atoms with Crippen LogP contribution in [0.4, 0.5) is 0 Å². The zero-order chi connectivity index (χ0) is 28.4. The molecule has 1 fully saturated rings. The number of Topliss-reactive ketones (excluding diaryl/α,β-unsaturated/α-hetero) is 1. The number of hydrogen-bond acceptors (Lipinski definition) is 5. The van der Waals surface area contributed by atoms with Crippen LogP contribution in [0.15, 0.2) is 101 Å². The van der Waals surface area contributed by atoms with E-state index in [-0.39, 0.29) is 23.3 Å². The van der Waals surface area contributed by atoms with Crippen LogP contribution in [0, 0.1) is 6.92 Å². The molecular formula is C34H33NO5. The maximum atomic E-state index is 13.6. The average molecular weight is 536 g/mol. The summed E-state index contributed by atoms with van der Waals surface area (Å²) in [5.41, 5.74) is 3.90. The van der Waals surface area contributed by atoms with Gasteiger partial charge in [-0.2, -0.15) is 0 Å². The van der Waals surface area contributed by atoms with Crippen LogP contribution in [0.1, 0.15) is 60.4 Å². The van der Waals surface area contributed by atoms with Gasteiger partial charge >= 0.3 is 0 Å². The molecule has 1 aromatic heterocycles. The van der Waals surface area contributed by atoms with Crippen molar-refractivity contribution in [2.24, 2.45) is 0 Å². The number of furan rings is 1. The first-order valence-corrected chi connectivity index (χ1v) is 13.3. The number of aliphatic hydroxyl groups excluding tert-OH is 1. The summed E-state index contributed by atoms with van der Waals surface area (Å²) in [5.74, 6) is -0.483. The van der Waals surface area contributed by atoms with Crippen molar-refractivity contribution >= 4 is 17.4 Å². The Morgan fingerprint density at radius 2 is 1.73 bits per heavy atom. The smallest absolute Gasteiger partial charge is 0.296 e. The number of nitrogens with zero attached hydrogens (tertiary/aromatic N) is 1. The SMILES string of the molecule is Cc1ccc(C(C)(C)C)cc1/C(O)=C1\C(=O)C(=O)N(Cc2ccco2)C1c1cccc(OCc2ccccc2)c1. The number of amides is 1. The molecule has 6 nitrogen and oxygen atoms in total. The highest BCUT2D eigenvalue weighted by Gasteiger charge is 2.46. The number of ether oxygens (including phenoxy) is 1. The van der Waals surface area contributed by atoms with Gasteiger partial charge in [0, 0.05) is 5.56 Å². The van der Waals surface area contributed by atoms with Gasteiger partial charge in [-0.15, -0.1) is 0 Å². The molecule has 0 saturated carbocycles. The van der Waals surface area contributed by atoms with Crippen LogP contribution in [-0.4, -0.2) is 21.7 Å². The molecule has 1 N–H and O–H groups in total. The van der Waals surface area contributed by atoms with Crippen LogP contribution in [-0.2, 0) is 28.2 Å². The summed E-state index contributed by atoms with van der Waals surface area (Å²) in [4.78, 5) is 28.4. The van der Waals surface area contributed by atoms with Crippen molar-refractivity contribution in [1.29, 1.82) is 0 Å². The first-order valence-electron chi connectivity index (χ1n) is 13.3. The highest BCUT2D eigenvalue weighted by Crippen LogP contribution is 2.42. The number of ketones is 1. The fourth-order valence-electron chi connectivity index (χ4n) is 4.96. The third-order valence-electron chi connectivity index (χ3n) is 7.23. The van der Waals surface area contributed by atoms with Gasteiger partial charge in [-0.05, 0) is 64.9 Å². The molecule has 2 heterocycles. The lowest BCUT2D eigenvalue weighted by atomic mass is 9.84. The van der Waals surface area contributed by atoms with Crippen LogP contribution in [0.5, 0.6) is 5.75 Å². The van der Waals surface area contributed by atoms with Crippen molar-refractivity contribution in [2.45, 2.75) is 52.3 Å². The Labute approximate surface area is 234 Å². The molecule has 204 valence electrons. The summed E-state index contributed by atoms with van der Waals surface area (Å²) < 4.78 is 11.6. The van der Waals surface area contributed by atoms with Gasteiger partial charge < -0.3 is 19.2 Å². The Morgan fingerprint density at radius 3 is 2.42 bits per heavy atom. The highest BCUT2D eigenvalue weighted by molar-refractivity contribution is 6.46. The molecule has 0 radical (unpaired) electrons. The van der Waals surface area contributed by atoms with E-state index in [1.807, 2.05) is 79.7 Å². The average Bonchev–Trinajstić information content (AvgIpc) is 3.54. The molecule has 6 heteroatoms. The molecule has 3 aromatic carbocycles. The molecule has 0 aliphatic carbocycles. The number of hydrogen-bond donors (Lipinski definition) is 1. The van der Waals surface area contributed by atoms with Crippen LogP contribution < -0.4 is 4.74 Å². The minimum absolute atomic E-state index is 0.0472. The molecule has 1 amide bonds. The zero-order valence-corrected chi connectivity index (χ0v) is 23.2.